The van der Waals surface area contributed by atoms with E-state index in [4.69, 9.17) is 4.74 Å². The van der Waals surface area contributed by atoms with Gasteiger partial charge < -0.3 is 15.0 Å². The van der Waals surface area contributed by atoms with Crippen LogP contribution in [0.3, 0.4) is 0 Å². The van der Waals surface area contributed by atoms with Crippen molar-refractivity contribution in [3.8, 4) is 5.75 Å². The van der Waals surface area contributed by atoms with Crippen LogP contribution < -0.4 is 15.0 Å². The van der Waals surface area contributed by atoms with E-state index in [1.54, 1.807) is 0 Å². The summed E-state index contributed by atoms with van der Waals surface area (Å²) in [5.41, 5.74) is 1.94. The second-order valence-corrected chi connectivity index (χ2v) is 6.55. The average molecular weight is 356 g/mol. The maximum Gasteiger partial charge on any atom is 0.265 e. The van der Waals surface area contributed by atoms with Crippen LogP contribution in [-0.2, 0) is 4.79 Å². The lowest BCUT2D eigenvalue weighted by molar-refractivity contribution is -0.122. The Labute approximate surface area is 154 Å². The highest BCUT2D eigenvalue weighted by Crippen LogP contribution is 2.22. The second kappa shape index (κ2) is 8.70. The van der Waals surface area contributed by atoms with E-state index in [9.17, 15) is 9.18 Å². The van der Waals surface area contributed by atoms with Crippen molar-refractivity contribution in [3.63, 3.8) is 0 Å². The molecule has 4 nitrogen and oxygen atoms in total. The summed E-state index contributed by atoms with van der Waals surface area (Å²) in [5.74, 6) is -0.0555. The molecule has 1 atom stereocenters. The molecule has 26 heavy (non-hydrogen) atoms. The molecule has 0 saturated carbocycles. The highest BCUT2D eigenvalue weighted by Gasteiger charge is 2.19. The molecule has 0 bridgehead atoms. The molecule has 3 rings (SSSR count). The Kier molecular flexibility index (Phi) is 6.10. The molecule has 2 aromatic carbocycles. The molecule has 1 aliphatic rings. The molecule has 1 saturated heterocycles. The SMILES string of the molecule is CC[C@H](Oc1ccc(F)cc1)C(=O)Nc1ccc(N2CCCCC2)cc1. The monoisotopic (exact) mass is 356 g/mol. The van der Waals surface area contributed by atoms with Crippen molar-refractivity contribution in [2.24, 2.45) is 0 Å². The number of nitrogens with one attached hydrogen (secondary N) is 1. The minimum Gasteiger partial charge on any atom is -0.481 e. The summed E-state index contributed by atoms with van der Waals surface area (Å²) in [7, 11) is 0. The van der Waals surface area contributed by atoms with E-state index >= 15 is 0 Å². The summed E-state index contributed by atoms with van der Waals surface area (Å²) in [4.78, 5) is 14.9. The number of amides is 1. The Bertz CT molecular complexity index is 710. The Morgan fingerprint density at radius 1 is 1.08 bits per heavy atom. The Hall–Kier alpha value is -2.56. The zero-order valence-electron chi connectivity index (χ0n) is 15.1. The van der Waals surface area contributed by atoms with Crippen molar-refractivity contribution in [2.75, 3.05) is 23.3 Å². The van der Waals surface area contributed by atoms with Gasteiger partial charge in [-0.05, 0) is 74.2 Å². The third kappa shape index (κ3) is 4.75. The van der Waals surface area contributed by atoms with Gasteiger partial charge in [-0.15, -0.1) is 0 Å². The minimum atomic E-state index is -0.623. The number of anilines is 2. The van der Waals surface area contributed by atoms with Gasteiger partial charge in [0.2, 0.25) is 0 Å². The average Bonchev–Trinajstić information content (AvgIpc) is 2.68. The smallest absolute Gasteiger partial charge is 0.265 e. The third-order valence-electron chi connectivity index (χ3n) is 4.61. The topological polar surface area (TPSA) is 41.6 Å². The molecular formula is C21H25FN2O2. The van der Waals surface area contributed by atoms with E-state index in [1.807, 2.05) is 31.2 Å². The van der Waals surface area contributed by atoms with Crippen molar-refractivity contribution in [1.82, 2.24) is 0 Å². The van der Waals surface area contributed by atoms with E-state index in [0.29, 0.717) is 12.2 Å². The fourth-order valence-corrected chi connectivity index (χ4v) is 3.13. The number of hydrogen-bond donors (Lipinski definition) is 1. The number of ether oxygens (including phenoxy) is 1. The summed E-state index contributed by atoms with van der Waals surface area (Å²) in [5, 5.41) is 2.90. The normalized spacial score (nSPS) is 15.4. The summed E-state index contributed by atoms with van der Waals surface area (Å²) >= 11 is 0. The number of hydrogen-bond acceptors (Lipinski definition) is 3. The number of nitrogens with zero attached hydrogens (tertiary/aromatic N) is 1. The summed E-state index contributed by atoms with van der Waals surface area (Å²) in [6.07, 6.45) is 3.67. The molecule has 138 valence electrons. The molecular weight excluding hydrogens is 331 g/mol. The number of carbonyl (C=O) groups is 1. The van der Waals surface area contributed by atoms with Crippen LogP contribution >= 0.6 is 0 Å². The van der Waals surface area contributed by atoms with Crippen LogP contribution in [0.2, 0.25) is 0 Å². The van der Waals surface area contributed by atoms with Crippen LogP contribution in [0, 0.1) is 5.82 Å². The van der Waals surface area contributed by atoms with Crippen LogP contribution in [0.15, 0.2) is 48.5 Å². The van der Waals surface area contributed by atoms with Gasteiger partial charge in [0, 0.05) is 24.5 Å². The lowest BCUT2D eigenvalue weighted by Gasteiger charge is -2.28. The van der Waals surface area contributed by atoms with Gasteiger partial charge in [0.25, 0.3) is 5.91 Å². The van der Waals surface area contributed by atoms with Crippen LogP contribution in [0.5, 0.6) is 5.75 Å². The molecule has 1 fully saturated rings. The number of halogens is 1. The number of piperidine rings is 1. The minimum absolute atomic E-state index is 0.206. The lowest BCUT2D eigenvalue weighted by Crippen LogP contribution is -2.32. The van der Waals surface area contributed by atoms with Gasteiger partial charge in [-0.25, -0.2) is 4.39 Å². The first-order chi connectivity index (χ1) is 12.7. The predicted octanol–water partition coefficient (Wildman–Crippen LogP) is 4.61. The first-order valence-electron chi connectivity index (χ1n) is 9.24. The molecule has 2 aromatic rings. The van der Waals surface area contributed by atoms with Gasteiger partial charge in [0.15, 0.2) is 6.10 Å². The summed E-state index contributed by atoms with van der Waals surface area (Å²) in [6.45, 7) is 4.07. The number of benzene rings is 2. The Morgan fingerprint density at radius 2 is 1.73 bits per heavy atom. The third-order valence-corrected chi connectivity index (χ3v) is 4.61. The molecule has 5 heteroatoms. The van der Waals surface area contributed by atoms with Crippen LogP contribution in [0.4, 0.5) is 15.8 Å². The summed E-state index contributed by atoms with van der Waals surface area (Å²) < 4.78 is 18.7. The zero-order valence-corrected chi connectivity index (χ0v) is 15.1. The highest BCUT2D eigenvalue weighted by molar-refractivity contribution is 5.94. The van der Waals surface area contributed by atoms with Gasteiger partial charge >= 0.3 is 0 Å². The van der Waals surface area contributed by atoms with Crippen LogP contribution in [0.1, 0.15) is 32.6 Å². The van der Waals surface area contributed by atoms with Crippen molar-refractivity contribution >= 4 is 17.3 Å². The molecule has 1 aliphatic heterocycles. The molecule has 0 radical (unpaired) electrons. The molecule has 1 heterocycles. The van der Waals surface area contributed by atoms with Gasteiger partial charge in [0.1, 0.15) is 11.6 Å². The first-order valence-corrected chi connectivity index (χ1v) is 9.24. The van der Waals surface area contributed by atoms with Crippen molar-refractivity contribution in [3.05, 3.63) is 54.3 Å². The highest BCUT2D eigenvalue weighted by atomic mass is 19.1. The molecule has 1 amide bonds. The van der Waals surface area contributed by atoms with Gasteiger partial charge in [-0.1, -0.05) is 6.92 Å². The predicted molar refractivity (Wildman–Crippen MR) is 102 cm³/mol. The number of carbonyl (C=O) groups excluding carboxylic acids is 1. The maximum absolute atomic E-state index is 13.0. The summed E-state index contributed by atoms with van der Waals surface area (Å²) in [6, 6.07) is 13.6. The lowest BCUT2D eigenvalue weighted by atomic mass is 10.1. The fraction of sp³-hybridized carbons (Fsp3) is 0.381. The zero-order chi connectivity index (χ0) is 18.4. The van der Waals surface area contributed by atoms with Gasteiger partial charge in [-0.2, -0.15) is 0 Å². The molecule has 0 aliphatic carbocycles. The van der Waals surface area contributed by atoms with Crippen molar-refractivity contribution in [2.45, 2.75) is 38.7 Å². The van der Waals surface area contributed by atoms with E-state index in [2.05, 4.69) is 10.2 Å². The maximum atomic E-state index is 13.0. The molecule has 1 N–H and O–H groups in total. The van der Waals surface area contributed by atoms with E-state index < -0.39 is 6.10 Å². The second-order valence-electron chi connectivity index (χ2n) is 6.55. The first kappa shape index (κ1) is 18.2. The Morgan fingerprint density at radius 3 is 2.35 bits per heavy atom. The van der Waals surface area contributed by atoms with Crippen molar-refractivity contribution < 1.29 is 13.9 Å². The molecule has 0 aromatic heterocycles. The van der Waals surface area contributed by atoms with E-state index in [1.165, 1.54) is 49.2 Å². The Balaban J connectivity index is 1.59. The van der Waals surface area contributed by atoms with E-state index in [0.717, 1.165) is 18.8 Å². The van der Waals surface area contributed by atoms with Gasteiger partial charge in [-0.3, -0.25) is 4.79 Å². The van der Waals surface area contributed by atoms with Gasteiger partial charge in [0.05, 0.1) is 0 Å². The number of rotatable bonds is 6. The molecule has 0 spiro atoms. The molecule has 0 unspecified atom stereocenters. The quantitative estimate of drug-likeness (QED) is 0.822. The van der Waals surface area contributed by atoms with E-state index in [-0.39, 0.29) is 11.7 Å². The largest absolute Gasteiger partial charge is 0.481 e. The standard InChI is InChI=1S/C21H25FN2O2/c1-2-20(26-19-12-6-16(22)7-13-19)21(25)23-17-8-10-18(11-9-17)24-14-4-3-5-15-24/h6-13,20H,2-5,14-15H2,1H3,(H,23,25)/t20-/m0/s1. The van der Waals surface area contributed by atoms with Crippen LogP contribution in [-0.4, -0.2) is 25.1 Å². The van der Waals surface area contributed by atoms with Crippen LogP contribution in [0.25, 0.3) is 0 Å². The van der Waals surface area contributed by atoms with Crippen molar-refractivity contribution in [1.29, 1.82) is 0 Å². The fourth-order valence-electron chi connectivity index (χ4n) is 3.13.